The molecule has 1 aliphatic heterocycles. The van der Waals surface area contributed by atoms with Crippen LogP contribution < -0.4 is 4.90 Å². The van der Waals surface area contributed by atoms with Crippen molar-refractivity contribution in [1.82, 2.24) is 0 Å². The topological polar surface area (TPSA) is 43.7 Å². The molecule has 0 radical (unpaired) electrons. The number of piperidine rings is 1. The van der Waals surface area contributed by atoms with Gasteiger partial charge in [-0.25, -0.2) is 4.39 Å². The van der Waals surface area contributed by atoms with Crippen molar-refractivity contribution >= 4 is 5.69 Å². The molecule has 1 heterocycles. The second-order valence-electron chi connectivity index (χ2n) is 6.62. The zero-order chi connectivity index (χ0) is 15.0. The van der Waals surface area contributed by atoms with E-state index in [1.165, 1.54) is 18.6 Å². The molecule has 3 nitrogen and oxygen atoms in total. The molecule has 4 heteroatoms. The number of benzene rings is 1. The van der Waals surface area contributed by atoms with Crippen LogP contribution in [-0.2, 0) is 0 Å². The van der Waals surface area contributed by atoms with Gasteiger partial charge in [-0.05, 0) is 44.4 Å². The average molecular weight is 293 g/mol. The number of hydrogen-bond donors (Lipinski definition) is 2. The molecule has 0 amide bonds. The molecule has 116 valence electrons. The summed E-state index contributed by atoms with van der Waals surface area (Å²) in [6.45, 7) is 3.22. The third kappa shape index (κ3) is 2.79. The van der Waals surface area contributed by atoms with Gasteiger partial charge in [-0.2, -0.15) is 0 Å². The van der Waals surface area contributed by atoms with Crippen molar-refractivity contribution in [3.05, 3.63) is 29.6 Å². The van der Waals surface area contributed by atoms with Crippen LogP contribution in [0.1, 0.15) is 50.7 Å². The maximum Gasteiger partial charge on any atom is 0.123 e. The Bertz CT molecular complexity index is 520. The molecule has 3 rings (SSSR count). The highest BCUT2D eigenvalue weighted by atomic mass is 19.1. The van der Waals surface area contributed by atoms with Gasteiger partial charge in [-0.3, -0.25) is 0 Å². The van der Waals surface area contributed by atoms with Gasteiger partial charge < -0.3 is 15.1 Å². The van der Waals surface area contributed by atoms with Crippen molar-refractivity contribution in [3.8, 4) is 0 Å². The number of aliphatic hydroxyl groups is 2. The molecule has 1 saturated carbocycles. The molecule has 0 bridgehead atoms. The minimum Gasteiger partial charge on any atom is -0.389 e. The predicted molar refractivity (Wildman–Crippen MR) is 80.8 cm³/mol. The highest BCUT2D eigenvalue weighted by molar-refractivity contribution is 5.55. The fourth-order valence-corrected chi connectivity index (χ4v) is 3.94. The summed E-state index contributed by atoms with van der Waals surface area (Å²) in [5.74, 6) is -0.0345. The molecular formula is C17H24FNO2. The maximum atomic E-state index is 13.4. The maximum absolute atomic E-state index is 13.4. The van der Waals surface area contributed by atoms with Crippen LogP contribution in [-0.4, -0.2) is 28.9 Å². The third-order valence-electron chi connectivity index (χ3n) is 5.21. The van der Waals surface area contributed by atoms with E-state index >= 15 is 0 Å². The molecule has 0 aromatic heterocycles. The van der Waals surface area contributed by atoms with Crippen LogP contribution in [0.2, 0.25) is 0 Å². The van der Waals surface area contributed by atoms with E-state index in [1.54, 1.807) is 13.0 Å². The summed E-state index contributed by atoms with van der Waals surface area (Å²) < 4.78 is 13.4. The van der Waals surface area contributed by atoms with Gasteiger partial charge in [0, 0.05) is 30.3 Å². The van der Waals surface area contributed by atoms with Crippen LogP contribution >= 0.6 is 0 Å². The van der Waals surface area contributed by atoms with E-state index in [0.717, 1.165) is 44.5 Å². The molecule has 3 atom stereocenters. The molecule has 1 aromatic carbocycles. The number of aliphatic hydroxyl groups excluding tert-OH is 1. The van der Waals surface area contributed by atoms with E-state index < -0.39 is 11.7 Å². The highest BCUT2D eigenvalue weighted by Crippen LogP contribution is 2.41. The summed E-state index contributed by atoms with van der Waals surface area (Å²) >= 11 is 0. The van der Waals surface area contributed by atoms with Crippen LogP contribution in [0.15, 0.2) is 18.2 Å². The summed E-state index contributed by atoms with van der Waals surface area (Å²) in [6, 6.07) is 4.62. The van der Waals surface area contributed by atoms with Crippen molar-refractivity contribution in [2.75, 3.05) is 18.0 Å². The number of rotatable bonds is 2. The van der Waals surface area contributed by atoms with E-state index in [-0.39, 0.29) is 11.7 Å². The molecule has 0 spiro atoms. The lowest BCUT2D eigenvalue weighted by atomic mass is 9.71. The molecule has 21 heavy (non-hydrogen) atoms. The quantitative estimate of drug-likeness (QED) is 0.881. The Morgan fingerprint density at radius 1 is 1.33 bits per heavy atom. The fourth-order valence-electron chi connectivity index (χ4n) is 3.94. The standard InChI is InChI=1S/C17H24FNO2/c1-12(20)15-10-14(18)5-6-16(15)19-9-8-17(21)7-3-2-4-13(17)11-19/h5-6,10,12-13,20-21H,2-4,7-9,11H2,1H3. The Labute approximate surface area is 125 Å². The van der Waals surface area contributed by atoms with Crippen molar-refractivity contribution < 1.29 is 14.6 Å². The lowest BCUT2D eigenvalue weighted by Crippen LogP contribution is -2.53. The second kappa shape index (κ2) is 5.58. The summed E-state index contributed by atoms with van der Waals surface area (Å²) in [6.07, 6.45) is 4.31. The van der Waals surface area contributed by atoms with Crippen LogP contribution in [0.4, 0.5) is 10.1 Å². The van der Waals surface area contributed by atoms with Crippen LogP contribution in [0.5, 0.6) is 0 Å². The molecule has 1 aromatic rings. The molecule has 2 aliphatic rings. The predicted octanol–water partition coefficient (Wildman–Crippen LogP) is 3.01. The Balaban J connectivity index is 1.85. The van der Waals surface area contributed by atoms with Gasteiger partial charge >= 0.3 is 0 Å². The number of anilines is 1. The Hall–Kier alpha value is -1.13. The highest BCUT2D eigenvalue weighted by Gasteiger charge is 2.43. The second-order valence-corrected chi connectivity index (χ2v) is 6.62. The number of fused-ring (bicyclic) bond motifs is 1. The minimum absolute atomic E-state index is 0.284. The van der Waals surface area contributed by atoms with Crippen LogP contribution in [0.3, 0.4) is 0 Å². The SMILES string of the molecule is CC(O)c1cc(F)ccc1N1CCC2(O)CCCCC2C1. The first-order valence-electron chi connectivity index (χ1n) is 7.94. The number of hydrogen-bond acceptors (Lipinski definition) is 3. The van der Waals surface area contributed by atoms with Gasteiger partial charge in [0.05, 0.1) is 11.7 Å². The normalized spacial score (nSPS) is 30.9. The van der Waals surface area contributed by atoms with Gasteiger partial charge in [0.2, 0.25) is 0 Å². The molecular weight excluding hydrogens is 269 g/mol. The van der Waals surface area contributed by atoms with E-state index in [2.05, 4.69) is 4.90 Å². The molecule has 3 unspecified atom stereocenters. The third-order valence-corrected chi connectivity index (χ3v) is 5.21. The smallest absolute Gasteiger partial charge is 0.123 e. The molecule has 2 N–H and O–H groups in total. The number of nitrogens with zero attached hydrogens (tertiary/aromatic N) is 1. The number of halogens is 1. The largest absolute Gasteiger partial charge is 0.389 e. The van der Waals surface area contributed by atoms with Crippen molar-refractivity contribution in [1.29, 1.82) is 0 Å². The lowest BCUT2D eigenvalue weighted by Gasteiger charge is -2.48. The summed E-state index contributed by atoms with van der Waals surface area (Å²) in [7, 11) is 0. The molecule has 1 saturated heterocycles. The van der Waals surface area contributed by atoms with Crippen molar-refractivity contribution in [2.24, 2.45) is 5.92 Å². The van der Waals surface area contributed by atoms with Gasteiger partial charge in [0.1, 0.15) is 5.82 Å². The lowest BCUT2D eigenvalue weighted by molar-refractivity contribution is -0.0613. The van der Waals surface area contributed by atoms with Gasteiger partial charge in [-0.15, -0.1) is 0 Å². The molecule has 2 fully saturated rings. The van der Waals surface area contributed by atoms with Gasteiger partial charge in [-0.1, -0.05) is 12.8 Å². The van der Waals surface area contributed by atoms with E-state index in [1.807, 2.05) is 0 Å². The Morgan fingerprint density at radius 3 is 2.90 bits per heavy atom. The zero-order valence-corrected chi connectivity index (χ0v) is 12.6. The summed E-state index contributed by atoms with van der Waals surface area (Å²) in [4.78, 5) is 2.20. The van der Waals surface area contributed by atoms with E-state index in [4.69, 9.17) is 0 Å². The van der Waals surface area contributed by atoms with Gasteiger partial charge in [0.15, 0.2) is 0 Å². The Kier molecular flexibility index (Phi) is 3.93. The monoisotopic (exact) mass is 293 g/mol. The zero-order valence-electron chi connectivity index (χ0n) is 12.6. The van der Waals surface area contributed by atoms with E-state index in [0.29, 0.717) is 5.56 Å². The van der Waals surface area contributed by atoms with Crippen LogP contribution in [0.25, 0.3) is 0 Å². The first-order chi connectivity index (χ1) is 9.99. The van der Waals surface area contributed by atoms with Crippen molar-refractivity contribution in [2.45, 2.75) is 50.7 Å². The van der Waals surface area contributed by atoms with Crippen LogP contribution in [0, 0.1) is 11.7 Å². The summed E-state index contributed by atoms with van der Waals surface area (Å²) in [5, 5.41) is 20.6. The first kappa shape index (κ1) is 14.8. The fraction of sp³-hybridized carbons (Fsp3) is 0.647. The van der Waals surface area contributed by atoms with E-state index in [9.17, 15) is 14.6 Å². The minimum atomic E-state index is -0.692. The van der Waals surface area contributed by atoms with Crippen molar-refractivity contribution in [3.63, 3.8) is 0 Å². The average Bonchev–Trinajstić information content (AvgIpc) is 2.46. The van der Waals surface area contributed by atoms with Gasteiger partial charge in [0.25, 0.3) is 0 Å². The molecule has 1 aliphatic carbocycles. The Morgan fingerprint density at radius 2 is 2.14 bits per heavy atom. The first-order valence-corrected chi connectivity index (χ1v) is 7.94. The summed E-state index contributed by atoms with van der Waals surface area (Å²) in [5.41, 5.74) is 1.02.